The van der Waals surface area contributed by atoms with E-state index in [9.17, 15) is 0 Å². The Morgan fingerprint density at radius 2 is 1.43 bits per heavy atom. The Balaban J connectivity index is 1.52. The summed E-state index contributed by atoms with van der Waals surface area (Å²) in [6, 6.07) is 12.6. The highest BCUT2D eigenvalue weighted by Crippen LogP contribution is 2.74. The maximum Gasteiger partial charge on any atom is 0.0813 e. The molecule has 3 saturated carbocycles. The molecule has 0 aliphatic heterocycles. The van der Waals surface area contributed by atoms with E-state index in [-0.39, 0.29) is 0 Å². The molecule has 1 heteroatoms. The zero-order chi connectivity index (χ0) is 14.4. The van der Waals surface area contributed by atoms with Gasteiger partial charge in [0.05, 0.1) is 9.52 Å². The second kappa shape index (κ2) is 4.98. The van der Waals surface area contributed by atoms with E-state index in [0.717, 1.165) is 20.3 Å². The summed E-state index contributed by atoms with van der Waals surface area (Å²) in [6.45, 7) is 2.62. The van der Waals surface area contributed by atoms with Gasteiger partial charge >= 0.3 is 0 Å². The van der Waals surface area contributed by atoms with Crippen molar-refractivity contribution in [1.29, 1.82) is 0 Å². The van der Waals surface area contributed by atoms with E-state index in [1.165, 1.54) is 25.3 Å². The van der Waals surface area contributed by atoms with Crippen LogP contribution in [0.15, 0.2) is 30.3 Å². The molecule has 0 saturated heterocycles. The fraction of sp³-hybridized carbons (Fsp3) is 0.700. The second-order valence-corrected chi connectivity index (χ2v) is 9.79. The lowest BCUT2D eigenvalue weighted by molar-refractivity contribution is 0.0520. The van der Waals surface area contributed by atoms with Gasteiger partial charge in [0.2, 0.25) is 0 Å². The zero-order valence-electron chi connectivity index (χ0n) is 13.5. The Labute approximate surface area is 132 Å². The Morgan fingerprint density at radius 1 is 0.857 bits per heavy atom. The SMILES string of the molecule is CC1(C[Si]c2ccccc2)C[C@@]23CCCC[C@@]2(CCC3)C1. The molecule has 0 nitrogen and oxygen atoms in total. The molecule has 0 N–H and O–H groups in total. The third kappa shape index (κ3) is 2.23. The van der Waals surface area contributed by atoms with Crippen LogP contribution in [0.25, 0.3) is 0 Å². The van der Waals surface area contributed by atoms with Crippen molar-refractivity contribution in [2.45, 2.75) is 70.8 Å². The molecule has 3 aliphatic rings. The largest absolute Gasteiger partial charge is 0.0813 e. The predicted molar refractivity (Wildman–Crippen MR) is 91.2 cm³/mol. The molecule has 1 aromatic rings. The predicted octanol–water partition coefficient (Wildman–Crippen LogP) is 4.97. The van der Waals surface area contributed by atoms with Gasteiger partial charge in [0.15, 0.2) is 0 Å². The third-order valence-corrected chi connectivity index (χ3v) is 8.79. The van der Waals surface area contributed by atoms with Gasteiger partial charge in [0, 0.05) is 0 Å². The molecule has 21 heavy (non-hydrogen) atoms. The maximum absolute atomic E-state index is 2.62. The van der Waals surface area contributed by atoms with Crippen LogP contribution >= 0.6 is 0 Å². The van der Waals surface area contributed by atoms with E-state index >= 15 is 0 Å². The maximum atomic E-state index is 2.62. The van der Waals surface area contributed by atoms with Gasteiger partial charge in [-0.2, -0.15) is 0 Å². The average molecular weight is 297 g/mol. The summed E-state index contributed by atoms with van der Waals surface area (Å²) in [4.78, 5) is 0. The number of hydrogen-bond acceptors (Lipinski definition) is 0. The minimum atomic E-state index is 0.624. The molecule has 1 aromatic carbocycles. The van der Waals surface area contributed by atoms with Gasteiger partial charge in [-0.15, -0.1) is 0 Å². The summed E-state index contributed by atoms with van der Waals surface area (Å²) in [6.07, 6.45) is 13.8. The highest BCUT2D eigenvalue weighted by Gasteiger charge is 2.63. The van der Waals surface area contributed by atoms with Gasteiger partial charge < -0.3 is 0 Å². The third-order valence-electron chi connectivity index (χ3n) is 7.02. The highest BCUT2D eigenvalue weighted by molar-refractivity contribution is 6.53. The van der Waals surface area contributed by atoms with E-state index in [1.54, 1.807) is 43.7 Å². The molecule has 0 spiro atoms. The van der Waals surface area contributed by atoms with Gasteiger partial charge in [0.25, 0.3) is 0 Å². The summed E-state index contributed by atoms with van der Waals surface area (Å²) >= 11 is 0. The molecule has 3 atom stereocenters. The van der Waals surface area contributed by atoms with Gasteiger partial charge in [-0.1, -0.05) is 67.7 Å². The molecule has 0 aromatic heterocycles. The monoisotopic (exact) mass is 296 g/mol. The Morgan fingerprint density at radius 3 is 2.05 bits per heavy atom. The molecule has 3 aliphatic carbocycles. The van der Waals surface area contributed by atoms with E-state index in [0.29, 0.717) is 5.41 Å². The standard InChI is InChI=1S/C20H28Si/c1-18(16-21-17-8-3-2-4-9-17)14-19-10-5-6-11-20(19,15-18)13-7-12-19/h2-4,8-9H,5-7,10-16H2,1H3/t18?,19-,20+. The minimum absolute atomic E-state index is 0.624. The Hall–Kier alpha value is -0.563. The number of rotatable bonds is 3. The zero-order valence-corrected chi connectivity index (χ0v) is 14.5. The van der Waals surface area contributed by atoms with Crippen molar-refractivity contribution < 1.29 is 0 Å². The smallest absolute Gasteiger partial charge is 0.0642 e. The summed E-state index contributed by atoms with van der Waals surface area (Å²) < 4.78 is 0. The van der Waals surface area contributed by atoms with Crippen LogP contribution in [0.5, 0.6) is 0 Å². The summed E-state index contributed by atoms with van der Waals surface area (Å²) in [5, 5.41) is 1.56. The first-order chi connectivity index (χ1) is 10.2. The summed E-state index contributed by atoms with van der Waals surface area (Å²) in [5.74, 6) is 0. The first kappa shape index (κ1) is 14.1. The van der Waals surface area contributed by atoms with Crippen LogP contribution in [0.4, 0.5) is 0 Å². The van der Waals surface area contributed by atoms with Crippen molar-refractivity contribution >= 4 is 14.7 Å². The van der Waals surface area contributed by atoms with E-state index in [1.807, 2.05) is 0 Å². The van der Waals surface area contributed by atoms with E-state index in [4.69, 9.17) is 0 Å². The van der Waals surface area contributed by atoms with Gasteiger partial charge in [-0.3, -0.25) is 0 Å². The molecule has 0 heterocycles. The number of hydrogen-bond donors (Lipinski definition) is 0. The van der Waals surface area contributed by atoms with Crippen molar-refractivity contribution in [3.05, 3.63) is 30.3 Å². The summed E-state index contributed by atoms with van der Waals surface area (Å²) in [5.41, 5.74) is 2.15. The topological polar surface area (TPSA) is 0 Å². The highest BCUT2D eigenvalue weighted by atomic mass is 28.2. The van der Waals surface area contributed by atoms with Crippen LogP contribution in [-0.2, 0) is 0 Å². The first-order valence-corrected chi connectivity index (χ1v) is 10.2. The summed E-state index contributed by atoms with van der Waals surface area (Å²) in [7, 11) is 1.01. The minimum Gasteiger partial charge on any atom is -0.0642 e. The second-order valence-electron chi connectivity index (χ2n) is 8.51. The lowest BCUT2D eigenvalue weighted by Gasteiger charge is -2.45. The van der Waals surface area contributed by atoms with Crippen molar-refractivity contribution in [2.24, 2.45) is 16.2 Å². The molecule has 112 valence electrons. The lowest BCUT2D eigenvalue weighted by Crippen LogP contribution is -2.35. The molecule has 3 fully saturated rings. The van der Waals surface area contributed by atoms with E-state index < -0.39 is 0 Å². The number of benzene rings is 1. The first-order valence-electron chi connectivity index (χ1n) is 8.95. The molecule has 0 amide bonds. The molecule has 4 rings (SSSR count). The fourth-order valence-electron chi connectivity index (χ4n) is 6.42. The van der Waals surface area contributed by atoms with Crippen molar-refractivity contribution in [3.63, 3.8) is 0 Å². The normalized spacial score (nSPS) is 41.8. The van der Waals surface area contributed by atoms with Crippen LogP contribution in [0.1, 0.15) is 64.7 Å². The van der Waals surface area contributed by atoms with Crippen LogP contribution in [-0.4, -0.2) is 9.52 Å². The quantitative estimate of drug-likeness (QED) is 0.691. The van der Waals surface area contributed by atoms with Crippen molar-refractivity contribution in [2.75, 3.05) is 0 Å². The van der Waals surface area contributed by atoms with Crippen molar-refractivity contribution in [3.8, 4) is 0 Å². The molecular formula is C20H28Si. The van der Waals surface area contributed by atoms with Crippen LogP contribution in [0.3, 0.4) is 0 Å². The molecule has 2 radical (unpaired) electrons. The van der Waals surface area contributed by atoms with Gasteiger partial charge in [0.1, 0.15) is 0 Å². The van der Waals surface area contributed by atoms with Crippen LogP contribution in [0, 0.1) is 16.2 Å². The van der Waals surface area contributed by atoms with Crippen LogP contribution < -0.4 is 5.19 Å². The average Bonchev–Trinajstić information content (AvgIpc) is 2.96. The Kier molecular flexibility index (Phi) is 3.33. The van der Waals surface area contributed by atoms with Gasteiger partial charge in [-0.25, -0.2) is 0 Å². The van der Waals surface area contributed by atoms with Gasteiger partial charge in [-0.05, 0) is 54.8 Å². The molecule has 0 bridgehead atoms. The molecule has 1 unspecified atom stereocenters. The molecular weight excluding hydrogens is 268 g/mol. The van der Waals surface area contributed by atoms with Crippen molar-refractivity contribution in [1.82, 2.24) is 0 Å². The Bertz CT molecular complexity index is 486. The lowest BCUT2D eigenvalue weighted by atomic mass is 9.60. The van der Waals surface area contributed by atoms with E-state index in [2.05, 4.69) is 37.3 Å². The van der Waals surface area contributed by atoms with Crippen LogP contribution in [0.2, 0.25) is 6.04 Å². The fourth-order valence-corrected chi connectivity index (χ4v) is 7.73.